The van der Waals surface area contributed by atoms with E-state index < -0.39 is 0 Å². The Kier molecular flexibility index (Phi) is 4.60. The second-order valence-corrected chi connectivity index (χ2v) is 3.91. The van der Waals surface area contributed by atoms with Crippen LogP contribution in [0.2, 0.25) is 0 Å². The largest absolute Gasteiger partial charge is 0.355 e. The number of hydrogen-bond acceptors (Lipinski definition) is 5. The number of hydrogen-bond donors (Lipinski definition) is 2. The third-order valence-electron chi connectivity index (χ3n) is 2.42. The molecule has 0 aliphatic heterocycles. The molecule has 0 fully saturated rings. The van der Waals surface area contributed by atoms with E-state index >= 15 is 0 Å². The lowest BCUT2D eigenvalue weighted by Crippen LogP contribution is -2.13. The fourth-order valence-corrected chi connectivity index (χ4v) is 1.55. The van der Waals surface area contributed by atoms with Crippen molar-refractivity contribution in [2.24, 2.45) is 0 Å². The van der Waals surface area contributed by atoms with Gasteiger partial charge in [-0.25, -0.2) is 9.97 Å². The standard InChI is InChI=1S/C13H17N5/c1-2-16-13-17-9-12(10-18-13)8-15-7-11-4-3-5-14-6-11/h3-6,9-10,15H,2,7-8H2,1H3,(H,16,17,18). The predicted octanol–water partition coefficient (Wildman–Crippen LogP) is 1.59. The minimum atomic E-state index is 0.675. The Balaban J connectivity index is 1.80. The molecule has 5 nitrogen and oxygen atoms in total. The molecule has 0 saturated carbocycles. The minimum Gasteiger partial charge on any atom is -0.355 e. The number of nitrogens with zero attached hydrogens (tertiary/aromatic N) is 3. The first kappa shape index (κ1) is 12.4. The van der Waals surface area contributed by atoms with Gasteiger partial charge in [0.05, 0.1) is 0 Å². The lowest BCUT2D eigenvalue weighted by atomic mass is 10.3. The summed E-state index contributed by atoms with van der Waals surface area (Å²) in [5.74, 6) is 0.675. The van der Waals surface area contributed by atoms with Crippen LogP contribution in [0.4, 0.5) is 5.95 Å². The van der Waals surface area contributed by atoms with Crippen molar-refractivity contribution in [1.82, 2.24) is 20.3 Å². The summed E-state index contributed by atoms with van der Waals surface area (Å²) in [7, 11) is 0. The summed E-state index contributed by atoms with van der Waals surface area (Å²) in [5.41, 5.74) is 2.24. The molecule has 0 unspecified atom stereocenters. The van der Waals surface area contributed by atoms with Gasteiger partial charge in [0, 0.05) is 50.0 Å². The second-order valence-electron chi connectivity index (χ2n) is 3.91. The summed E-state index contributed by atoms with van der Waals surface area (Å²) in [6, 6.07) is 3.98. The molecular formula is C13H17N5. The first-order valence-corrected chi connectivity index (χ1v) is 6.03. The van der Waals surface area contributed by atoms with E-state index in [0.29, 0.717) is 5.95 Å². The predicted molar refractivity (Wildman–Crippen MR) is 71.0 cm³/mol. The molecule has 5 heteroatoms. The van der Waals surface area contributed by atoms with E-state index in [1.165, 1.54) is 5.56 Å². The molecule has 0 aromatic carbocycles. The van der Waals surface area contributed by atoms with Gasteiger partial charge in [-0.05, 0) is 18.6 Å². The van der Waals surface area contributed by atoms with Crippen LogP contribution >= 0.6 is 0 Å². The van der Waals surface area contributed by atoms with Crippen molar-refractivity contribution < 1.29 is 0 Å². The van der Waals surface area contributed by atoms with E-state index in [2.05, 4.69) is 25.6 Å². The third kappa shape index (κ3) is 3.78. The van der Waals surface area contributed by atoms with E-state index in [1.807, 2.05) is 37.6 Å². The molecule has 94 valence electrons. The highest BCUT2D eigenvalue weighted by Crippen LogP contribution is 2.01. The SMILES string of the molecule is CCNc1ncc(CNCc2cccnc2)cn1. The molecule has 2 heterocycles. The van der Waals surface area contributed by atoms with Gasteiger partial charge in [0.2, 0.25) is 5.95 Å². The summed E-state index contributed by atoms with van der Waals surface area (Å²) in [6.07, 6.45) is 7.30. The fraction of sp³-hybridized carbons (Fsp3) is 0.308. The maximum Gasteiger partial charge on any atom is 0.222 e. The van der Waals surface area contributed by atoms with Gasteiger partial charge < -0.3 is 10.6 Å². The van der Waals surface area contributed by atoms with Gasteiger partial charge in [0.1, 0.15) is 0 Å². The van der Waals surface area contributed by atoms with Gasteiger partial charge >= 0.3 is 0 Å². The molecule has 0 saturated heterocycles. The van der Waals surface area contributed by atoms with Gasteiger partial charge in [-0.2, -0.15) is 0 Å². The number of aromatic nitrogens is 3. The molecule has 0 spiro atoms. The van der Waals surface area contributed by atoms with E-state index in [9.17, 15) is 0 Å². The summed E-state index contributed by atoms with van der Waals surface area (Å²) >= 11 is 0. The lowest BCUT2D eigenvalue weighted by Gasteiger charge is -2.05. The zero-order chi connectivity index (χ0) is 12.6. The Morgan fingerprint density at radius 1 is 1.06 bits per heavy atom. The van der Waals surface area contributed by atoms with Crippen molar-refractivity contribution in [3.63, 3.8) is 0 Å². The Hall–Kier alpha value is -2.01. The Labute approximate surface area is 107 Å². The van der Waals surface area contributed by atoms with E-state index in [1.54, 1.807) is 6.20 Å². The van der Waals surface area contributed by atoms with Crippen molar-refractivity contribution in [3.8, 4) is 0 Å². The molecular weight excluding hydrogens is 226 g/mol. The van der Waals surface area contributed by atoms with Crippen molar-refractivity contribution in [1.29, 1.82) is 0 Å². The smallest absolute Gasteiger partial charge is 0.222 e. The number of rotatable bonds is 6. The fourth-order valence-electron chi connectivity index (χ4n) is 1.55. The number of pyridine rings is 1. The topological polar surface area (TPSA) is 62.7 Å². The normalized spacial score (nSPS) is 10.3. The zero-order valence-electron chi connectivity index (χ0n) is 10.4. The van der Waals surface area contributed by atoms with E-state index in [0.717, 1.165) is 25.2 Å². The average molecular weight is 243 g/mol. The molecule has 0 amide bonds. The van der Waals surface area contributed by atoms with Gasteiger partial charge in [-0.1, -0.05) is 6.07 Å². The maximum absolute atomic E-state index is 4.22. The summed E-state index contributed by atoms with van der Waals surface area (Å²) in [4.78, 5) is 12.5. The van der Waals surface area contributed by atoms with Gasteiger partial charge in [0.25, 0.3) is 0 Å². The van der Waals surface area contributed by atoms with E-state index in [-0.39, 0.29) is 0 Å². The average Bonchev–Trinajstić information content (AvgIpc) is 2.42. The summed E-state index contributed by atoms with van der Waals surface area (Å²) in [5, 5.41) is 6.39. The van der Waals surface area contributed by atoms with Gasteiger partial charge in [-0.15, -0.1) is 0 Å². The molecule has 0 aliphatic carbocycles. The molecule has 0 bridgehead atoms. The number of nitrogens with one attached hydrogen (secondary N) is 2. The molecule has 2 N–H and O–H groups in total. The van der Waals surface area contributed by atoms with Crippen molar-refractivity contribution >= 4 is 5.95 Å². The van der Waals surface area contributed by atoms with Crippen LogP contribution in [0, 0.1) is 0 Å². The summed E-state index contributed by atoms with van der Waals surface area (Å²) in [6.45, 7) is 4.40. The quantitative estimate of drug-likeness (QED) is 0.806. The second kappa shape index (κ2) is 6.66. The highest BCUT2D eigenvalue weighted by atomic mass is 15.1. The van der Waals surface area contributed by atoms with Crippen molar-refractivity contribution in [3.05, 3.63) is 48.0 Å². The molecule has 2 rings (SSSR count). The lowest BCUT2D eigenvalue weighted by molar-refractivity contribution is 0.687. The highest BCUT2D eigenvalue weighted by molar-refractivity contribution is 5.24. The molecule has 0 aliphatic rings. The van der Waals surface area contributed by atoms with Crippen LogP contribution in [0.1, 0.15) is 18.1 Å². The Morgan fingerprint density at radius 2 is 1.83 bits per heavy atom. The Bertz CT molecular complexity index is 455. The van der Waals surface area contributed by atoms with Gasteiger partial charge in [-0.3, -0.25) is 4.98 Å². The summed E-state index contributed by atoms with van der Waals surface area (Å²) < 4.78 is 0. The third-order valence-corrected chi connectivity index (χ3v) is 2.42. The van der Waals surface area contributed by atoms with Crippen LogP contribution in [-0.2, 0) is 13.1 Å². The molecule has 0 radical (unpaired) electrons. The minimum absolute atomic E-state index is 0.675. The first-order chi connectivity index (χ1) is 8.88. The van der Waals surface area contributed by atoms with Crippen molar-refractivity contribution in [2.45, 2.75) is 20.0 Å². The monoisotopic (exact) mass is 243 g/mol. The molecule has 2 aromatic rings. The first-order valence-electron chi connectivity index (χ1n) is 6.03. The van der Waals surface area contributed by atoms with Crippen molar-refractivity contribution in [2.75, 3.05) is 11.9 Å². The molecule has 18 heavy (non-hydrogen) atoms. The van der Waals surface area contributed by atoms with E-state index in [4.69, 9.17) is 0 Å². The van der Waals surface area contributed by atoms with Crippen LogP contribution in [0.5, 0.6) is 0 Å². The van der Waals surface area contributed by atoms with Crippen LogP contribution in [0.3, 0.4) is 0 Å². The van der Waals surface area contributed by atoms with Crippen LogP contribution in [-0.4, -0.2) is 21.5 Å². The van der Waals surface area contributed by atoms with Crippen LogP contribution in [0.15, 0.2) is 36.9 Å². The Morgan fingerprint density at radius 3 is 2.50 bits per heavy atom. The zero-order valence-corrected chi connectivity index (χ0v) is 10.4. The van der Waals surface area contributed by atoms with Gasteiger partial charge in [0.15, 0.2) is 0 Å². The molecule has 2 aromatic heterocycles. The maximum atomic E-state index is 4.22. The number of anilines is 1. The van der Waals surface area contributed by atoms with Crippen LogP contribution < -0.4 is 10.6 Å². The molecule has 0 atom stereocenters. The highest BCUT2D eigenvalue weighted by Gasteiger charge is 1.97. The van der Waals surface area contributed by atoms with Crippen LogP contribution in [0.25, 0.3) is 0 Å².